The van der Waals surface area contributed by atoms with Crippen molar-refractivity contribution >= 4 is 11.9 Å². The highest BCUT2D eigenvalue weighted by Gasteiger charge is 2.44. The van der Waals surface area contributed by atoms with E-state index < -0.39 is 17.0 Å². The van der Waals surface area contributed by atoms with Gasteiger partial charge in [0.1, 0.15) is 0 Å². The summed E-state index contributed by atoms with van der Waals surface area (Å²) >= 11 is 0. The molecular weight excluding hydrogens is 258 g/mol. The summed E-state index contributed by atoms with van der Waals surface area (Å²) < 4.78 is 0. The van der Waals surface area contributed by atoms with Crippen LogP contribution in [0.25, 0.3) is 0 Å². The Hall–Kier alpha value is -1.14. The molecule has 0 unspecified atom stereocenters. The van der Waals surface area contributed by atoms with Gasteiger partial charge in [-0.3, -0.25) is 14.5 Å². The Morgan fingerprint density at radius 2 is 1.90 bits per heavy atom. The van der Waals surface area contributed by atoms with Crippen molar-refractivity contribution in [2.24, 2.45) is 0 Å². The highest BCUT2D eigenvalue weighted by atomic mass is 16.4. The van der Waals surface area contributed by atoms with E-state index in [1.807, 2.05) is 13.8 Å². The van der Waals surface area contributed by atoms with E-state index in [9.17, 15) is 9.59 Å². The Kier molecular flexibility index (Phi) is 4.34. The van der Waals surface area contributed by atoms with Gasteiger partial charge in [0.05, 0.1) is 17.5 Å². The molecule has 3 N–H and O–H groups in total. The molecule has 0 spiro atoms. The van der Waals surface area contributed by atoms with E-state index in [4.69, 9.17) is 5.11 Å². The van der Waals surface area contributed by atoms with Crippen LogP contribution >= 0.6 is 0 Å². The van der Waals surface area contributed by atoms with Gasteiger partial charge in [-0.2, -0.15) is 0 Å². The van der Waals surface area contributed by atoms with Gasteiger partial charge in [-0.05, 0) is 33.1 Å². The first-order chi connectivity index (χ1) is 9.36. The average Bonchev–Trinajstić information content (AvgIpc) is 2.36. The standard InChI is InChI=1S/C14H25N3O3/c1-13(2,17-8-6-15-7-9-17)12(20)16-14(4-3-5-14)10-11(18)19/h15H,3-10H2,1-2H3,(H,16,20)(H,18,19). The van der Waals surface area contributed by atoms with E-state index in [1.54, 1.807) is 0 Å². The van der Waals surface area contributed by atoms with Crippen molar-refractivity contribution in [2.45, 2.75) is 50.6 Å². The third-order valence-electron chi connectivity index (χ3n) is 4.64. The smallest absolute Gasteiger partial charge is 0.305 e. The van der Waals surface area contributed by atoms with Crippen LogP contribution in [-0.2, 0) is 9.59 Å². The number of amides is 1. The zero-order valence-corrected chi connectivity index (χ0v) is 12.4. The third kappa shape index (κ3) is 3.12. The van der Waals surface area contributed by atoms with Crippen molar-refractivity contribution in [1.82, 2.24) is 15.5 Å². The summed E-state index contributed by atoms with van der Waals surface area (Å²) in [5.74, 6) is -0.898. The lowest BCUT2D eigenvalue weighted by atomic mass is 9.74. The number of nitrogens with one attached hydrogen (secondary N) is 2. The molecule has 1 aliphatic carbocycles. The van der Waals surface area contributed by atoms with E-state index in [-0.39, 0.29) is 12.3 Å². The summed E-state index contributed by atoms with van der Waals surface area (Å²) in [6.45, 7) is 7.29. The molecule has 1 amide bonds. The lowest BCUT2D eigenvalue weighted by Crippen LogP contribution is -2.65. The monoisotopic (exact) mass is 283 g/mol. The predicted octanol–water partition coefficient (Wildman–Crippen LogP) is 0.184. The molecule has 0 radical (unpaired) electrons. The van der Waals surface area contributed by atoms with Crippen molar-refractivity contribution in [1.29, 1.82) is 0 Å². The second kappa shape index (κ2) is 5.69. The molecule has 0 aromatic heterocycles. The number of aliphatic carboxylic acids is 1. The Bertz CT molecular complexity index is 385. The molecule has 1 heterocycles. The molecule has 0 aromatic carbocycles. The maximum atomic E-state index is 12.6. The zero-order valence-electron chi connectivity index (χ0n) is 12.4. The fourth-order valence-electron chi connectivity index (χ4n) is 3.00. The van der Waals surface area contributed by atoms with Gasteiger partial charge in [-0.25, -0.2) is 0 Å². The first-order valence-corrected chi connectivity index (χ1v) is 7.36. The molecule has 6 heteroatoms. The molecule has 2 fully saturated rings. The highest BCUT2D eigenvalue weighted by molar-refractivity contribution is 5.86. The van der Waals surface area contributed by atoms with Crippen LogP contribution in [0.15, 0.2) is 0 Å². The van der Waals surface area contributed by atoms with E-state index in [0.29, 0.717) is 0 Å². The van der Waals surface area contributed by atoms with Gasteiger partial charge in [0.15, 0.2) is 0 Å². The summed E-state index contributed by atoms with van der Waals surface area (Å²) in [6, 6.07) is 0. The van der Waals surface area contributed by atoms with Crippen LogP contribution in [0.1, 0.15) is 39.5 Å². The Morgan fingerprint density at radius 1 is 1.30 bits per heavy atom. The number of hydrogen-bond donors (Lipinski definition) is 3. The molecule has 1 aliphatic heterocycles. The lowest BCUT2D eigenvalue weighted by Gasteiger charge is -2.46. The summed E-state index contributed by atoms with van der Waals surface area (Å²) in [4.78, 5) is 25.7. The number of carboxylic acids is 1. The Balaban J connectivity index is 2.00. The average molecular weight is 283 g/mol. The minimum atomic E-state index is -0.843. The molecule has 0 atom stereocenters. The van der Waals surface area contributed by atoms with Crippen molar-refractivity contribution in [3.63, 3.8) is 0 Å². The van der Waals surface area contributed by atoms with Gasteiger partial charge < -0.3 is 15.7 Å². The third-order valence-corrected chi connectivity index (χ3v) is 4.64. The van der Waals surface area contributed by atoms with Crippen LogP contribution in [0.2, 0.25) is 0 Å². The minimum absolute atomic E-state index is 0.0242. The van der Waals surface area contributed by atoms with Gasteiger partial charge in [0.2, 0.25) is 5.91 Å². The summed E-state index contributed by atoms with van der Waals surface area (Å²) in [7, 11) is 0. The topological polar surface area (TPSA) is 81.7 Å². The highest BCUT2D eigenvalue weighted by Crippen LogP contribution is 2.35. The molecule has 2 aliphatic rings. The fourth-order valence-corrected chi connectivity index (χ4v) is 3.00. The van der Waals surface area contributed by atoms with Crippen molar-refractivity contribution in [3.05, 3.63) is 0 Å². The number of nitrogens with zero attached hydrogens (tertiary/aromatic N) is 1. The maximum absolute atomic E-state index is 12.6. The van der Waals surface area contributed by atoms with Gasteiger partial charge in [0.25, 0.3) is 0 Å². The van der Waals surface area contributed by atoms with Gasteiger partial charge >= 0.3 is 5.97 Å². The van der Waals surface area contributed by atoms with Crippen LogP contribution in [-0.4, -0.2) is 59.1 Å². The molecule has 1 saturated carbocycles. The predicted molar refractivity (Wildman–Crippen MR) is 75.5 cm³/mol. The first kappa shape index (κ1) is 15.3. The molecule has 20 heavy (non-hydrogen) atoms. The van der Waals surface area contributed by atoms with Crippen molar-refractivity contribution in [3.8, 4) is 0 Å². The summed E-state index contributed by atoms with van der Waals surface area (Å²) in [6.07, 6.45) is 2.54. The van der Waals surface area contributed by atoms with Crippen LogP contribution in [0.5, 0.6) is 0 Å². The van der Waals surface area contributed by atoms with Crippen molar-refractivity contribution in [2.75, 3.05) is 26.2 Å². The number of piperazine rings is 1. The largest absolute Gasteiger partial charge is 0.481 e. The maximum Gasteiger partial charge on any atom is 0.305 e. The Morgan fingerprint density at radius 3 is 2.35 bits per heavy atom. The molecular formula is C14H25N3O3. The molecule has 1 saturated heterocycles. The molecule has 0 aromatic rings. The van der Waals surface area contributed by atoms with E-state index >= 15 is 0 Å². The normalized spacial score (nSPS) is 22.9. The summed E-state index contributed by atoms with van der Waals surface area (Å²) in [5, 5.41) is 15.3. The van der Waals surface area contributed by atoms with Crippen LogP contribution in [0, 0.1) is 0 Å². The second-order valence-corrected chi connectivity index (χ2v) is 6.45. The van der Waals surface area contributed by atoms with E-state index in [0.717, 1.165) is 45.4 Å². The summed E-state index contributed by atoms with van der Waals surface area (Å²) in [5.41, 5.74) is -1.11. The number of rotatable bonds is 5. The SMILES string of the molecule is CC(C)(C(=O)NC1(CC(=O)O)CCC1)N1CCNCC1. The van der Waals surface area contributed by atoms with Crippen LogP contribution in [0.4, 0.5) is 0 Å². The number of carbonyl (C=O) groups excluding carboxylic acids is 1. The van der Waals surface area contributed by atoms with E-state index in [1.165, 1.54) is 0 Å². The molecule has 2 rings (SSSR count). The van der Waals surface area contributed by atoms with Gasteiger partial charge in [-0.15, -0.1) is 0 Å². The zero-order chi connectivity index (χ0) is 14.8. The fraction of sp³-hybridized carbons (Fsp3) is 0.857. The van der Waals surface area contributed by atoms with Crippen LogP contribution < -0.4 is 10.6 Å². The Labute approximate surface area is 119 Å². The molecule has 0 bridgehead atoms. The minimum Gasteiger partial charge on any atom is -0.481 e. The van der Waals surface area contributed by atoms with E-state index in [2.05, 4.69) is 15.5 Å². The first-order valence-electron chi connectivity index (χ1n) is 7.36. The lowest BCUT2D eigenvalue weighted by molar-refractivity contribution is -0.142. The van der Waals surface area contributed by atoms with Gasteiger partial charge in [0, 0.05) is 26.2 Å². The number of carboxylic acid groups (broad SMARTS) is 1. The van der Waals surface area contributed by atoms with Crippen LogP contribution in [0.3, 0.4) is 0 Å². The number of hydrogen-bond acceptors (Lipinski definition) is 4. The number of carbonyl (C=O) groups is 2. The second-order valence-electron chi connectivity index (χ2n) is 6.45. The van der Waals surface area contributed by atoms with Crippen molar-refractivity contribution < 1.29 is 14.7 Å². The molecule has 114 valence electrons. The quantitative estimate of drug-likeness (QED) is 0.671. The molecule has 6 nitrogen and oxygen atoms in total. The van der Waals surface area contributed by atoms with Gasteiger partial charge in [-0.1, -0.05) is 0 Å².